The summed E-state index contributed by atoms with van der Waals surface area (Å²) >= 11 is 5.77. The van der Waals surface area contributed by atoms with Gasteiger partial charge in [-0.05, 0) is 19.9 Å². The number of hydrogen-bond acceptors (Lipinski definition) is 3. The molecule has 0 radical (unpaired) electrons. The monoisotopic (exact) mass is 227 g/mol. The van der Waals surface area contributed by atoms with Crippen LogP contribution < -0.4 is 5.32 Å². The summed E-state index contributed by atoms with van der Waals surface area (Å²) in [6.07, 6.45) is 3.31. The summed E-state index contributed by atoms with van der Waals surface area (Å²) in [6.45, 7) is 6.50. The van der Waals surface area contributed by atoms with Crippen LogP contribution in [0.5, 0.6) is 0 Å². The third-order valence-electron chi connectivity index (χ3n) is 2.65. The van der Waals surface area contributed by atoms with Crippen LogP contribution in [0.4, 0.5) is 0 Å². The molecule has 1 aromatic heterocycles. The first-order valence-corrected chi connectivity index (χ1v) is 5.58. The maximum atomic E-state index is 5.77. The van der Waals surface area contributed by atoms with Crippen LogP contribution in [-0.4, -0.2) is 23.1 Å². The molecule has 2 unspecified atom stereocenters. The normalized spacial score (nSPS) is 15.3. The number of nitrogens with zero attached hydrogens (tertiary/aromatic N) is 2. The minimum atomic E-state index is 0.312. The lowest BCUT2D eigenvalue weighted by Gasteiger charge is -2.25. The van der Waals surface area contributed by atoms with Crippen molar-refractivity contribution in [1.82, 2.24) is 15.3 Å². The van der Waals surface area contributed by atoms with Crippen LogP contribution >= 0.6 is 11.6 Å². The molecule has 1 N–H and O–H groups in total. The number of likely N-dealkylation sites (N-methyl/N-ethyl adjacent to an activating group) is 1. The Morgan fingerprint density at radius 3 is 2.13 bits per heavy atom. The summed E-state index contributed by atoms with van der Waals surface area (Å²) in [6, 6.07) is 0.353. The second kappa shape index (κ2) is 5.42. The number of nitrogens with one attached hydrogen (secondary N) is 1. The fraction of sp³-hybridized carbons (Fsp3) is 0.636. The number of halogens is 1. The Bertz CT molecular complexity index is 297. The van der Waals surface area contributed by atoms with Gasteiger partial charge in [-0.1, -0.05) is 25.4 Å². The molecule has 0 aliphatic carbocycles. The van der Waals surface area contributed by atoms with Gasteiger partial charge in [0.1, 0.15) is 5.82 Å². The summed E-state index contributed by atoms with van der Waals surface area (Å²) in [7, 11) is 1.95. The van der Waals surface area contributed by atoms with Gasteiger partial charge >= 0.3 is 0 Å². The van der Waals surface area contributed by atoms with Crippen molar-refractivity contribution < 1.29 is 0 Å². The van der Waals surface area contributed by atoms with E-state index >= 15 is 0 Å². The molecule has 0 aliphatic heterocycles. The molecule has 1 rings (SSSR count). The molecule has 0 spiro atoms. The molecule has 0 saturated heterocycles. The van der Waals surface area contributed by atoms with E-state index < -0.39 is 0 Å². The van der Waals surface area contributed by atoms with Crippen LogP contribution in [-0.2, 0) is 0 Å². The van der Waals surface area contributed by atoms with E-state index in [1.165, 1.54) is 0 Å². The molecule has 84 valence electrons. The van der Waals surface area contributed by atoms with Crippen molar-refractivity contribution in [3.05, 3.63) is 23.2 Å². The van der Waals surface area contributed by atoms with Gasteiger partial charge in [-0.15, -0.1) is 0 Å². The third kappa shape index (κ3) is 3.14. The Hall–Kier alpha value is -0.670. The molecule has 1 heterocycles. The molecule has 0 amide bonds. The van der Waals surface area contributed by atoms with Crippen LogP contribution in [0.25, 0.3) is 0 Å². The fourth-order valence-electron chi connectivity index (χ4n) is 1.77. The van der Waals surface area contributed by atoms with Gasteiger partial charge < -0.3 is 5.32 Å². The maximum Gasteiger partial charge on any atom is 0.133 e. The lowest BCUT2D eigenvalue weighted by Crippen LogP contribution is -2.33. The first-order chi connectivity index (χ1) is 7.06. The van der Waals surface area contributed by atoms with E-state index in [9.17, 15) is 0 Å². The summed E-state index contributed by atoms with van der Waals surface area (Å²) in [5.41, 5.74) is 0. The van der Waals surface area contributed by atoms with Crippen molar-refractivity contribution in [2.45, 2.75) is 32.7 Å². The summed E-state index contributed by atoms with van der Waals surface area (Å²) in [5.74, 6) is 1.66. The number of rotatable bonds is 4. The Balaban J connectivity index is 2.94. The lowest BCUT2D eigenvalue weighted by atomic mass is 9.88. The van der Waals surface area contributed by atoms with E-state index in [-0.39, 0.29) is 0 Å². The van der Waals surface area contributed by atoms with Crippen LogP contribution in [0.15, 0.2) is 12.4 Å². The predicted octanol–water partition coefficient (Wildman–Crippen LogP) is 2.48. The van der Waals surface area contributed by atoms with Crippen molar-refractivity contribution in [3.63, 3.8) is 0 Å². The van der Waals surface area contributed by atoms with Gasteiger partial charge in [-0.25, -0.2) is 9.97 Å². The van der Waals surface area contributed by atoms with Crippen LogP contribution in [0.2, 0.25) is 5.02 Å². The zero-order valence-electron chi connectivity index (χ0n) is 9.66. The molecule has 3 nitrogen and oxygen atoms in total. The van der Waals surface area contributed by atoms with Crippen LogP contribution in [0.1, 0.15) is 32.5 Å². The van der Waals surface area contributed by atoms with Crippen molar-refractivity contribution in [3.8, 4) is 0 Å². The predicted molar refractivity (Wildman–Crippen MR) is 63.1 cm³/mol. The summed E-state index contributed by atoms with van der Waals surface area (Å²) in [5, 5.41) is 3.83. The third-order valence-corrected chi connectivity index (χ3v) is 2.85. The first kappa shape index (κ1) is 12.4. The molecule has 1 aromatic rings. The van der Waals surface area contributed by atoms with Crippen LogP contribution in [0, 0.1) is 5.92 Å². The van der Waals surface area contributed by atoms with E-state index in [4.69, 9.17) is 11.6 Å². The molecule has 0 aliphatic rings. The minimum Gasteiger partial charge on any atom is -0.317 e. The molecule has 0 bridgehead atoms. The standard InChI is InChI=1S/C11H18ClN3/c1-7(2)10(8(3)13-4)11-14-5-9(12)6-15-11/h5-8,10,13H,1-4H3. The Morgan fingerprint density at radius 1 is 1.20 bits per heavy atom. The smallest absolute Gasteiger partial charge is 0.133 e. The Labute approximate surface area is 96.3 Å². The summed E-state index contributed by atoms with van der Waals surface area (Å²) < 4.78 is 0. The first-order valence-electron chi connectivity index (χ1n) is 5.21. The summed E-state index contributed by atoms with van der Waals surface area (Å²) in [4.78, 5) is 8.57. The maximum absolute atomic E-state index is 5.77. The van der Waals surface area contributed by atoms with E-state index in [0.29, 0.717) is 22.9 Å². The van der Waals surface area contributed by atoms with E-state index in [0.717, 1.165) is 5.82 Å². The second-order valence-corrected chi connectivity index (χ2v) is 4.54. The molecule has 2 atom stereocenters. The largest absolute Gasteiger partial charge is 0.317 e. The fourth-order valence-corrected chi connectivity index (χ4v) is 1.87. The van der Waals surface area contributed by atoms with Crippen molar-refractivity contribution >= 4 is 11.6 Å². The second-order valence-electron chi connectivity index (χ2n) is 4.11. The van der Waals surface area contributed by atoms with E-state index in [1.807, 2.05) is 7.05 Å². The van der Waals surface area contributed by atoms with Crippen molar-refractivity contribution in [2.75, 3.05) is 7.05 Å². The molecule has 0 fully saturated rings. The molecular formula is C11H18ClN3. The van der Waals surface area contributed by atoms with Crippen LogP contribution in [0.3, 0.4) is 0 Å². The average molecular weight is 228 g/mol. The zero-order chi connectivity index (χ0) is 11.4. The van der Waals surface area contributed by atoms with E-state index in [2.05, 4.69) is 36.1 Å². The number of aromatic nitrogens is 2. The highest BCUT2D eigenvalue weighted by Crippen LogP contribution is 2.25. The van der Waals surface area contributed by atoms with Gasteiger partial charge in [0.25, 0.3) is 0 Å². The SMILES string of the molecule is CNC(C)C(c1ncc(Cl)cn1)C(C)C. The average Bonchev–Trinajstić information content (AvgIpc) is 2.20. The minimum absolute atomic E-state index is 0.312. The highest BCUT2D eigenvalue weighted by molar-refractivity contribution is 6.30. The molecular weight excluding hydrogens is 210 g/mol. The van der Waals surface area contributed by atoms with Crippen molar-refractivity contribution in [1.29, 1.82) is 0 Å². The molecule has 0 aromatic carbocycles. The molecule has 4 heteroatoms. The lowest BCUT2D eigenvalue weighted by molar-refractivity contribution is 0.380. The van der Waals surface area contributed by atoms with Gasteiger partial charge in [0.15, 0.2) is 0 Å². The Kier molecular flexibility index (Phi) is 4.48. The van der Waals surface area contributed by atoms with Gasteiger partial charge in [0, 0.05) is 24.4 Å². The quantitative estimate of drug-likeness (QED) is 0.859. The highest BCUT2D eigenvalue weighted by Gasteiger charge is 2.23. The Morgan fingerprint density at radius 2 is 1.73 bits per heavy atom. The van der Waals surface area contributed by atoms with Gasteiger partial charge in [0.2, 0.25) is 0 Å². The van der Waals surface area contributed by atoms with Gasteiger partial charge in [0.05, 0.1) is 5.02 Å². The van der Waals surface area contributed by atoms with E-state index in [1.54, 1.807) is 12.4 Å². The molecule has 15 heavy (non-hydrogen) atoms. The number of hydrogen-bond donors (Lipinski definition) is 1. The molecule has 0 saturated carbocycles. The van der Waals surface area contributed by atoms with Gasteiger partial charge in [-0.3, -0.25) is 0 Å². The highest BCUT2D eigenvalue weighted by atomic mass is 35.5. The van der Waals surface area contributed by atoms with Gasteiger partial charge in [-0.2, -0.15) is 0 Å². The van der Waals surface area contributed by atoms with Crippen molar-refractivity contribution in [2.24, 2.45) is 5.92 Å². The zero-order valence-corrected chi connectivity index (χ0v) is 10.4. The topological polar surface area (TPSA) is 37.8 Å².